The quantitative estimate of drug-likeness (QED) is 0.668. The number of nitrogens with one attached hydrogen (secondary N) is 1. The zero-order valence-corrected chi connectivity index (χ0v) is 19.0. The van der Waals surface area contributed by atoms with Crippen molar-refractivity contribution in [3.05, 3.63) is 46.9 Å². The number of ether oxygens (including phenoxy) is 1. The standard InChI is InChI=1S/C22H26ClN3O4S/c1-14-12-25-21(13-24-14)26-22(27)18(10-15-6-8-30-9-7-15)16-2-5-20(19(23)11-16)31(28,29)17-3-4-17/h2,5,11-13,15,17-18H,3-4,6-10H2,1H3,(H,25,26,27). The summed E-state index contributed by atoms with van der Waals surface area (Å²) in [6, 6.07) is 4.88. The molecule has 1 aliphatic carbocycles. The van der Waals surface area contributed by atoms with Crippen molar-refractivity contribution in [1.29, 1.82) is 0 Å². The molecule has 2 aromatic rings. The molecule has 2 aliphatic rings. The molecule has 0 bridgehead atoms. The highest BCUT2D eigenvalue weighted by Gasteiger charge is 2.38. The van der Waals surface area contributed by atoms with E-state index in [2.05, 4.69) is 15.3 Å². The summed E-state index contributed by atoms with van der Waals surface area (Å²) in [6.07, 6.45) is 6.86. The number of sulfone groups is 1. The molecule has 7 nitrogen and oxygen atoms in total. The largest absolute Gasteiger partial charge is 0.381 e. The molecule has 1 N–H and O–H groups in total. The van der Waals surface area contributed by atoms with Gasteiger partial charge in [-0.2, -0.15) is 0 Å². The average molecular weight is 464 g/mol. The maximum absolute atomic E-state index is 13.2. The Morgan fingerprint density at radius 1 is 1.19 bits per heavy atom. The van der Waals surface area contributed by atoms with Crippen molar-refractivity contribution >= 4 is 33.2 Å². The molecular weight excluding hydrogens is 438 g/mol. The lowest BCUT2D eigenvalue weighted by atomic mass is 9.84. The number of halogens is 1. The number of rotatable bonds is 7. The highest BCUT2D eigenvalue weighted by Crippen LogP contribution is 2.38. The number of amides is 1. The third-order valence-corrected chi connectivity index (χ3v) is 8.63. The zero-order valence-electron chi connectivity index (χ0n) is 17.4. The second kappa shape index (κ2) is 9.22. The Bertz CT molecular complexity index is 1050. The van der Waals surface area contributed by atoms with Crippen LogP contribution in [0.2, 0.25) is 5.02 Å². The Kier molecular flexibility index (Phi) is 6.60. The van der Waals surface area contributed by atoms with Crippen LogP contribution < -0.4 is 5.32 Å². The van der Waals surface area contributed by atoms with Gasteiger partial charge < -0.3 is 10.1 Å². The van der Waals surface area contributed by atoms with Crippen molar-refractivity contribution in [2.45, 2.75) is 55.1 Å². The van der Waals surface area contributed by atoms with E-state index in [-0.39, 0.29) is 21.1 Å². The van der Waals surface area contributed by atoms with Crippen LogP contribution in [-0.2, 0) is 19.4 Å². The fourth-order valence-electron chi connectivity index (χ4n) is 3.90. The van der Waals surface area contributed by atoms with E-state index in [9.17, 15) is 13.2 Å². The highest BCUT2D eigenvalue weighted by molar-refractivity contribution is 7.92. The van der Waals surface area contributed by atoms with E-state index < -0.39 is 15.8 Å². The first kappa shape index (κ1) is 22.2. The van der Waals surface area contributed by atoms with Crippen LogP contribution in [0.3, 0.4) is 0 Å². The van der Waals surface area contributed by atoms with Crippen LogP contribution in [-0.4, -0.2) is 42.8 Å². The molecule has 1 unspecified atom stereocenters. The number of nitrogens with zero attached hydrogens (tertiary/aromatic N) is 2. The zero-order chi connectivity index (χ0) is 22.0. The van der Waals surface area contributed by atoms with Crippen molar-refractivity contribution in [3.8, 4) is 0 Å². The van der Waals surface area contributed by atoms with Crippen LogP contribution in [0.1, 0.15) is 49.3 Å². The van der Waals surface area contributed by atoms with Crippen LogP contribution >= 0.6 is 11.6 Å². The molecule has 2 heterocycles. The number of aryl methyl sites for hydroxylation is 1. The molecule has 1 aromatic heterocycles. The number of carbonyl (C=O) groups is 1. The minimum atomic E-state index is -3.41. The van der Waals surface area contributed by atoms with Crippen LogP contribution in [0.4, 0.5) is 5.82 Å². The van der Waals surface area contributed by atoms with Gasteiger partial charge in [0.2, 0.25) is 5.91 Å². The van der Waals surface area contributed by atoms with Gasteiger partial charge in [0.25, 0.3) is 0 Å². The van der Waals surface area contributed by atoms with Crippen molar-refractivity contribution in [2.75, 3.05) is 18.5 Å². The van der Waals surface area contributed by atoms with Crippen molar-refractivity contribution in [3.63, 3.8) is 0 Å². The van der Waals surface area contributed by atoms with Crippen LogP contribution in [0, 0.1) is 12.8 Å². The molecule has 2 fully saturated rings. The maximum atomic E-state index is 13.2. The van der Waals surface area contributed by atoms with Gasteiger partial charge in [-0.15, -0.1) is 0 Å². The van der Waals surface area contributed by atoms with Crippen LogP contribution in [0.25, 0.3) is 0 Å². The summed E-state index contributed by atoms with van der Waals surface area (Å²) >= 11 is 6.40. The van der Waals surface area contributed by atoms with E-state index in [0.717, 1.165) is 18.5 Å². The first-order valence-corrected chi connectivity index (χ1v) is 12.5. The van der Waals surface area contributed by atoms with Gasteiger partial charge in [0.05, 0.1) is 39.2 Å². The molecule has 0 radical (unpaired) electrons. The molecule has 1 amide bonds. The number of carbonyl (C=O) groups excluding carboxylic acids is 1. The van der Waals surface area contributed by atoms with E-state index in [1.165, 1.54) is 6.20 Å². The SMILES string of the molecule is Cc1cnc(NC(=O)C(CC2CCOCC2)c2ccc(S(=O)(=O)C3CC3)c(Cl)c2)cn1. The van der Waals surface area contributed by atoms with E-state index in [0.29, 0.717) is 49.8 Å². The Balaban J connectivity index is 1.60. The van der Waals surface area contributed by atoms with Gasteiger partial charge in [0, 0.05) is 13.2 Å². The van der Waals surface area contributed by atoms with Gasteiger partial charge in [0.15, 0.2) is 15.7 Å². The fourth-order valence-corrected chi connectivity index (χ4v) is 6.12. The molecule has 4 rings (SSSR count). The van der Waals surface area contributed by atoms with Crippen molar-refractivity contribution in [1.82, 2.24) is 9.97 Å². The Morgan fingerprint density at radius 2 is 1.94 bits per heavy atom. The lowest BCUT2D eigenvalue weighted by Crippen LogP contribution is -2.26. The van der Waals surface area contributed by atoms with Gasteiger partial charge in [0.1, 0.15) is 0 Å². The smallest absolute Gasteiger partial charge is 0.233 e. The fraction of sp³-hybridized carbons (Fsp3) is 0.500. The summed E-state index contributed by atoms with van der Waals surface area (Å²) in [5.41, 5.74) is 1.46. The van der Waals surface area contributed by atoms with E-state index in [1.54, 1.807) is 24.4 Å². The van der Waals surface area contributed by atoms with Gasteiger partial charge in [-0.05, 0) is 62.6 Å². The summed E-state index contributed by atoms with van der Waals surface area (Å²) in [6.45, 7) is 3.19. The predicted molar refractivity (Wildman–Crippen MR) is 118 cm³/mol. The van der Waals surface area contributed by atoms with Gasteiger partial charge >= 0.3 is 0 Å². The van der Waals surface area contributed by atoms with Crippen LogP contribution in [0.5, 0.6) is 0 Å². The summed E-state index contributed by atoms with van der Waals surface area (Å²) in [5.74, 6) is 0.0220. The molecule has 1 aliphatic heterocycles. The summed E-state index contributed by atoms with van der Waals surface area (Å²) in [5, 5.41) is 2.68. The van der Waals surface area contributed by atoms with E-state index in [4.69, 9.17) is 16.3 Å². The van der Waals surface area contributed by atoms with Crippen molar-refractivity contribution in [2.24, 2.45) is 5.92 Å². The monoisotopic (exact) mass is 463 g/mol. The molecule has 1 aromatic carbocycles. The second-order valence-corrected chi connectivity index (χ2v) is 10.9. The third-order valence-electron chi connectivity index (χ3n) is 5.89. The number of benzene rings is 1. The Hall–Kier alpha value is -2.03. The summed E-state index contributed by atoms with van der Waals surface area (Å²) in [4.78, 5) is 21.7. The first-order valence-electron chi connectivity index (χ1n) is 10.5. The molecule has 1 saturated heterocycles. The second-order valence-electron chi connectivity index (χ2n) is 8.31. The predicted octanol–water partition coefficient (Wildman–Crippen LogP) is 3.91. The van der Waals surface area contributed by atoms with Crippen molar-refractivity contribution < 1.29 is 17.9 Å². The number of aromatic nitrogens is 2. The molecule has 9 heteroatoms. The molecular formula is C22H26ClN3O4S. The van der Waals surface area contributed by atoms with E-state index in [1.807, 2.05) is 6.92 Å². The molecule has 0 spiro atoms. The first-order chi connectivity index (χ1) is 14.8. The summed E-state index contributed by atoms with van der Waals surface area (Å²) < 4.78 is 30.7. The number of anilines is 1. The maximum Gasteiger partial charge on any atom is 0.233 e. The highest BCUT2D eigenvalue weighted by atomic mass is 35.5. The number of hydrogen-bond donors (Lipinski definition) is 1. The molecule has 166 valence electrons. The third kappa shape index (κ3) is 5.25. The van der Waals surface area contributed by atoms with Gasteiger partial charge in [-0.1, -0.05) is 17.7 Å². The Morgan fingerprint density at radius 3 is 2.55 bits per heavy atom. The van der Waals surface area contributed by atoms with Gasteiger partial charge in [-0.3, -0.25) is 9.78 Å². The molecule has 31 heavy (non-hydrogen) atoms. The minimum Gasteiger partial charge on any atom is -0.381 e. The lowest BCUT2D eigenvalue weighted by molar-refractivity contribution is -0.118. The lowest BCUT2D eigenvalue weighted by Gasteiger charge is -2.26. The topological polar surface area (TPSA) is 98.2 Å². The van der Waals surface area contributed by atoms with Crippen LogP contribution in [0.15, 0.2) is 35.5 Å². The number of hydrogen-bond acceptors (Lipinski definition) is 6. The van der Waals surface area contributed by atoms with E-state index >= 15 is 0 Å². The Labute approximate surface area is 187 Å². The molecule has 1 saturated carbocycles. The minimum absolute atomic E-state index is 0.148. The molecule has 1 atom stereocenters. The summed E-state index contributed by atoms with van der Waals surface area (Å²) in [7, 11) is -3.41. The van der Waals surface area contributed by atoms with Gasteiger partial charge in [-0.25, -0.2) is 13.4 Å². The average Bonchev–Trinajstić information content (AvgIpc) is 3.60. The normalized spacial score (nSPS) is 18.5.